The Morgan fingerprint density at radius 2 is 2.20 bits per heavy atom. The number of allylic oxidation sites excluding steroid dienone is 3. The minimum atomic E-state index is -0.245. The van der Waals surface area contributed by atoms with Gasteiger partial charge in [0.1, 0.15) is 6.61 Å². The van der Waals surface area contributed by atoms with Gasteiger partial charge >= 0.3 is 5.97 Å². The van der Waals surface area contributed by atoms with Crippen LogP contribution in [-0.4, -0.2) is 12.6 Å². The van der Waals surface area contributed by atoms with Crippen LogP contribution in [0, 0.1) is 0 Å². The number of ether oxygens (including phenoxy) is 1. The van der Waals surface area contributed by atoms with Crippen LogP contribution in [0.15, 0.2) is 24.3 Å². The van der Waals surface area contributed by atoms with Gasteiger partial charge in [0.25, 0.3) is 0 Å². The maximum Gasteiger partial charge on any atom is 0.302 e. The van der Waals surface area contributed by atoms with Crippen LogP contribution in [0.3, 0.4) is 0 Å². The Hall–Kier alpha value is -1.05. The van der Waals surface area contributed by atoms with Gasteiger partial charge in [0.15, 0.2) is 0 Å². The third kappa shape index (κ3) is 6.95. The molecule has 0 radical (unpaired) electrons. The van der Waals surface area contributed by atoms with E-state index >= 15 is 0 Å². The molecule has 0 rings (SSSR count). The molecule has 0 aromatic rings. The van der Waals surface area contributed by atoms with Crippen molar-refractivity contribution in [3.63, 3.8) is 0 Å². The fraction of sp³-hybridized carbons (Fsp3) is 0.375. The Bertz CT molecular complexity index is 145. The summed E-state index contributed by atoms with van der Waals surface area (Å²) in [4.78, 5) is 10.2. The molecule has 0 amide bonds. The topological polar surface area (TPSA) is 26.3 Å². The molecule has 10 heavy (non-hydrogen) atoms. The predicted molar refractivity (Wildman–Crippen MR) is 40.6 cm³/mol. The molecule has 56 valence electrons. The first-order chi connectivity index (χ1) is 4.77. The molecule has 0 saturated heterocycles. The summed E-state index contributed by atoms with van der Waals surface area (Å²) < 4.78 is 4.63. The third-order valence-electron chi connectivity index (χ3n) is 0.822. The molecule has 0 unspecified atom stereocenters. The van der Waals surface area contributed by atoms with E-state index in [9.17, 15) is 4.79 Å². The molecule has 0 saturated carbocycles. The summed E-state index contributed by atoms with van der Waals surface area (Å²) in [5.41, 5.74) is 0. The quantitative estimate of drug-likeness (QED) is 0.440. The molecular formula is C8H12O2. The fourth-order valence-electron chi connectivity index (χ4n) is 0.411. The Kier molecular flexibility index (Phi) is 5.44. The van der Waals surface area contributed by atoms with Crippen LogP contribution in [0.4, 0.5) is 0 Å². The fourth-order valence-corrected chi connectivity index (χ4v) is 0.411. The molecule has 0 aromatic heterocycles. The van der Waals surface area contributed by atoms with E-state index in [1.165, 1.54) is 6.92 Å². The molecule has 2 heteroatoms. The zero-order chi connectivity index (χ0) is 7.82. The van der Waals surface area contributed by atoms with Gasteiger partial charge in [-0.1, -0.05) is 18.2 Å². The first-order valence-corrected chi connectivity index (χ1v) is 3.18. The van der Waals surface area contributed by atoms with Crippen molar-refractivity contribution < 1.29 is 9.53 Å². The van der Waals surface area contributed by atoms with Crippen LogP contribution in [0.5, 0.6) is 0 Å². The number of rotatable bonds is 3. The van der Waals surface area contributed by atoms with E-state index in [1.807, 2.05) is 25.2 Å². The molecule has 0 aliphatic heterocycles. The molecule has 0 heterocycles. The van der Waals surface area contributed by atoms with E-state index in [1.54, 1.807) is 6.08 Å². The maximum atomic E-state index is 10.2. The smallest absolute Gasteiger partial charge is 0.302 e. The van der Waals surface area contributed by atoms with E-state index < -0.39 is 0 Å². The van der Waals surface area contributed by atoms with E-state index in [4.69, 9.17) is 0 Å². The minimum Gasteiger partial charge on any atom is -0.462 e. The third-order valence-corrected chi connectivity index (χ3v) is 0.822. The molecule has 0 aliphatic carbocycles. The summed E-state index contributed by atoms with van der Waals surface area (Å²) >= 11 is 0. The summed E-state index contributed by atoms with van der Waals surface area (Å²) in [5.74, 6) is -0.245. The minimum absolute atomic E-state index is 0.245. The summed E-state index contributed by atoms with van der Waals surface area (Å²) in [6.45, 7) is 3.68. The highest BCUT2D eigenvalue weighted by Gasteiger charge is 1.84. The first-order valence-electron chi connectivity index (χ1n) is 3.18. The van der Waals surface area contributed by atoms with E-state index in [0.717, 1.165) is 0 Å². The Labute approximate surface area is 61.2 Å². The largest absolute Gasteiger partial charge is 0.462 e. The molecular weight excluding hydrogens is 128 g/mol. The van der Waals surface area contributed by atoms with Crippen LogP contribution >= 0.6 is 0 Å². The molecule has 0 fully saturated rings. The molecule has 0 aromatic carbocycles. The van der Waals surface area contributed by atoms with Crippen LogP contribution < -0.4 is 0 Å². The molecule has 0 aliphatic rings. The normalized spacial score (nSPS) is 11.0. The lowest BCUT2D eigenvalue weighted by Crippen LogP contribution is -1.96. The van der Waals surface area contributed by atoms with Crippen LogP contribution in [0.1, 0.15) is 13.8 Å². The van der Waals surface area contributed by atoms with E-state index in [2.05, 4.69) is 4.74 Å². The Morgan fingerprint density at radius 3 is 2.70 bits per heavy atom. The van der Waals surface area contributed by atoms with Crippen molar-refractivity contribution in [3.8, 4) is 0 Å². The molecule has 0 spiro atoms. The SMILES string of the molecule is C/C=C\C=C\COC(C)=O. The van der Waals surface area contributed by atoms with Gasteiger partial charge in [0.05, 0.1) is 0 Å². The van der Waals surface area contributed by atoms with Gasteiger partial charge in [0, 0.05) is 6.92 Å². The highest BCUT2D eigenvalue weighted by molar-refractivity contribution is 5.65. The van der Waals surface area contributed by atoms with Gasteiger partial charge in [-0.05, 0) is 13.0 Å². The number of hydrogen-bond acceptors (Lipinski definition) is 2. The van der Waals surface area contributed by atoms with Crippen LogP contribution in [0.25, 0.3) is 0 Å². The average molecular weight is 140 g/mol. The monoisotopic (exact) mass is 140 g/mol. The standard InChI is InChI=1S/C8H12O2/c1-3-4-5-6-7-10-8(2)9/h3-6H,7H2,1-2H3/b4-3-,6-5+. The van der Waals surface area contributed by atoms with Gasteiger partial charge in [-0.3, -0.25) is 4.79 Å². The summed E-state index contributed by atoms with van der Waals surface area (Å²) in [5, 5.41) is 0. The van der Waals surface area contributed by atoms with Crippen molar-refractivity contribution in [1.29, 1.82) is 0 Å². The van der Waals surface area contributed by atoms with Crippen LogP contribution in [0.2, 0.25) is 0 Å². The van der Waals surface area contributed by atoms with Crippen molar-refractivity contribution >= 4 is 5.97 Å². The highest BCUT2D eigenvalue weighted by Crippen LogP contribution is 1.80. The molecule has 0 bridgehead atoms. The lowest BCUT2D eigenvalue weighted by atomic mass is 10.4. The second-order valence-electron chi connectivity index (χ2n) is 1.76. The van der Waals surface area contributed by atoms with E-state index in [-0.39, 0.29) is 5.97 Å². The maximum absolute atomic E-state index is 10.2. The number of esters is 1. The zero-order valence-electron chi connectivity index (χ0n) is 6.33. The number of hydrogen-bond donors (Lipinski definition) is 0. The lowest BCUT2D eigenvalue weighted by molar-refractivity contribution is -0.139. The highest BCUT2D eigenvalue weighted by atomic mass is 16.5. The second-order valence-corrected chi connectivity index (χ2v) is 1.76. The Balaban J connectivity index is 3.27. The van der Waals surface area contributed by atoms with Crippen molar-refractivity contribution in [2.24, 2.45) is 0 Å². The predicted octanol–water partition coefficient (Wildman–Crippen LogP) is 1.68. The molecule has 0 N–H and O–H groups in total. The Morgan fingerprint density at radius 1 is 1.50 bits per heavy atom. The summed E-state index contributed by atoms with van der Waals surface area (Å²) in [7, 11) is 0. The van der Waals surface area contributed by atoms with Gasteiger partial charge in [-0.25, -0.2) is 0 Å². The summed E-state index contributed by atoms with van der Waals surface area (Å²) in [6, 6.07) is 0. The van der Waals surface area contributed by atoms with Crippen LogP contribution in [-0.2, 0) is 9.53 Å². The number of carbonyl (C=O) groups is 1. The first kappa shape index (κ1) is 8.95. The van der Waals surface area contributed by atoms with Crippen molar-refractivity contribution in [1.82, 2.24) is 0 Å². The summed E-state index contributed by atoms with van der Waals surface area (Å²) in [6.07, 6.45) is 7.40. The number of carbonyl (C=O) groups excluding carboxylic acids is 1. The van der Waals surface area contributed by atoms with Gasteiger partial charge < -0.3 is 4.74 Å². The van der Waals surface area contributed by atoms with Crippen molar-refractivity contribution in [3.05, 3.63) is 24.3 Å². The van der Waals surface area contributed by atoms with Crippen molar-refractivity contribution in [2.45, 2.75) is 13.8 Å². The second kappa shape index (κ2) is 6.08. The van der Waals surface area contributed by atoms with Gasteiger partial charge in [-0.2, -0.15) is 0 Å². The molecule has 0 atom stereocenters. The lowest BCUT2D eigenvalue weighted by Gasteiger charge is -1.92. The molecule has 2 nitrogen and oxygen atoms in total. The average Bonchev–Trinajstić information content (AvgIpc) is 1.87. The van der Waals surface area contributed by atoms with Crippen molar-refractivity contribution in [2.75, 3.05) is 6.61 Å². The zero-order valence-corrected chi connectivity index (χ0v) is 6.33. The van der Waals surface area contributed by atoms with E-state index in [0.29, 0.717) is 6.61 Å². The van der Waals surface area contributed by atoms with Gasteiger partial charge in [0.2, 0.25) is 0 Å². The van der Waals surface area contributed by atoms with Gasteiger partial charge in [-0.15, -0.1) is 0 Å².